The monoisotopic (exact) mass is 697 g/mol. The number of benzene rings is 3. The SMILES string of the molecule is C.C.C.C.CC1CCC(C)CC1.CC1CCC(C)CC1.CCC1CCC(C)CC1.CCc1ccc(C)cc1.Cc1ccc2cc(C)ccc2c1.[HH].[HH].[HH]. The van der Waals surface area contributed by atoms with Crippen molar-refractivity contribution in [2.75, 3.05) is 0 Å². The second-order valence-electron chi connectivity index (χ2n) is 16.0. The normalized spacial score (nSPS) is 23.6. The maximum atomic E-state index is 2.38. The predicted octanol–water partition coefficient (Wildman–Crippen LogP) is 18.2. The molecule has 0 saturated heterocycles. The van der Waals surface area contributed by atoms with Gasteiger partial charge in [-0.2, -0.15) is 0 Å². The summed E-state index contributed by atoms with van der Waals surface area (Å²) in [7, 11) is 0. The first kappa shape index (κ1) is 52.3. The molecule has 296 valence electrons. The minimum atomic E-state index is 0. The van der Waals surface area contributed by atoms with Crippen LogP contribution in [0.3, 0.4) is 0 Å². The molecule has 0 aliphatic heterocycles. The molecule has 0 spiro atoms. The van der Waals surface area contributed by atoms with Crippen LogP contribution in [0, 0.1) is 56.3 Å². The number of rotatable bonds is 2. The summed E-state index contributed by atoms with van der Waals surface area (Å²) in [5.74, 6) is 6.17. The van der Waals surface area contributed by atoms with Crippen molar-refractivity contribution in [1.82, 2.24) is 0 Å². The fraction of sp³-hybridized carbons (Fsp3) is 0.680. The summed E-state index contributed by atoms with van der Waals surface area (Å²) in [4.78, 5) is 0. The minimum Gasteiger partial charge on any atom is -0.0776 e. The Hall–Kier alpha value is -2.08. The highest BCUT2D eigenvalue weighted by atomic mass is 14.2. The predicted molar refractivity (Wildman–Crippen MR) is 242 cm³/mol. The summed E-state index contributed by atoms with van der Waals surface area (Å²) in [6.45, 7) is 22.7. The van der Waals surface area contributed by atoms with Crippen molar-refractivity contribution in [3.8, 4) is 0 Å². The lowest BCUT2D eigenvalue weighted by atomic mass is 9.82. The molecule has 3 saturated carbocycles. The van der Waals surface area contributed by atoms with Crippen molar-refractivity contribution in [2.45, 2.75) is 189 Å². The van der Waals surface area contributed by atoms with Crippen molar-refractivity contribution in [3.05, 3.63) is 82.9 Å². The molecule has 6 rings (SSSR count). The van der Waals surface area contributed by atoms with Crippen molar-refractivity contribution >= 4 is 10.8 Å². The number of hydrogen-bond acceptors (Lipinski definition) is 0. The number of hydrogen-bond donors (Lipinski definition) is 0. The van der Waals surface area contributed by atoms with E-state index in [9.17, 15) is 0 Å². The molecule has 0 atom stereocenters. The minimum absolute atomic E-state index is 0. The maximum Gasteiger partial charge on any atom is 0 e. The molecule has 50 heavy (non-hydrogen) atoms. The molecule has 3 aliphatic carbocycles. The van der Waals surface area contributed by atoms with Crippen LogP contribution in [-0.2, 0) is 6.42 Å². The van der Waals surface area contributed by atoms with Crippen molar-refractivity contribution in [1.29, 1.82) is 0 Å². The first-order chi connectivity index (χ1) is 22.0. The average Bonchev–Trinajstić information content (AvgIpc) is 3.06. The summed E-state index contributed by atoms with van der Waals surface area (Å²) >= 11 is 0. The molecule has 0 aromatic heterocycles. The van der Waals surface area contributed by atoms with E-state index in [1.807, 2.05) is 0 Å². The third kappa shape index (κ3) is 22.7. The molecule has 0 radical (unpaired) electrons. The quantitative estimate of drug-likeness (QED) is 0.250. The van der Waals surface area contributed by atoms with E-state index in [0.717, 1.165) is 41.9 Å². The van der Waals surface area contributed by atoms with Crippen molar-refractivity contribution in [3.63, 3.8) is 0 Å². The molecule has 3 fully saturated rings. The zero-order chi connectivity index (χ0) is 33.9. The Labute approximate surface area is 321 Å². The second-order valence-corrected chi connectivity index (χ2v) is 16.0. The molecular formula is C50H96. The average molecular weight is 697 g/mol. The zero-order valence-electron chi connectivity index (χ0n) is 32.1. The van der Waals surface area contributed by atoms with E-state index in [1.54, 1.807) is 0 Å². The standard InChI is InChI=1S/C12H12.C9H18.C9H12.2C8H16.4CH4.3H2/c1-9-3-5-12-8-10(2)4-6-11(12)7-9;2*1-3-9-6-4-8(2)5-7-9;2*1-7-3-5-8(2)6-4-7;;;;;;;/h3-8H,1-2H3;8-9H,3-7H2,1-2H3;4-7H,3H2,1-2H3;2*7-8H,3-6H2,1-2H3;4*1H4;3*1H. The van der Waals surface area contributed by atoms with Gasteiger partial charge in [-0.1, -0.05) is 239 Å². The van der Waals surface area contributed by atoms with Gasteiger partial charge in [0.2, 0.25) is 0 Å². The molecular weight excluding hydrogens is 601 g/mol. The summed E-state index contributed by atoms with van der Waals surface area (Å²) < 4.78 is 0. The molecule has 0 bridgehead atoms. The van der Waals surface area contributed by atoms with Crippen LogP contribution in [0.5, 0.6) is 0 Å². The molecule has 0 N–H and O–H groups in total. The molecule has 3 aromatic carbocycles. The van der Waals surface area contributed by atoms with Crippen molar-refractivity contribution in [2.24, 2.45) is 35.5 Å². The second kappa shape index (κ2) is 29.5. The Kier molecular flexibility index (Phi) is 30.8. The largest absolute Gasteiger partial charge is 0.0776 e. The van der Waals surface area contributed by atoms with Crippen LogP contribution in [0.4, 0.5) is 0 Å². The third-order valence-corrected chi connectivity index (χ3v) is 11.0. The Balaban J connectivity index is -0.000000127. The van der Waals surface area contributed by atoms with Gasteiger partial charge in [0.15, 0.2) is 0 Å². The van der Waals surface area contributed by atoms with E-state index in [4.69, 9.17) is 0 Å². The molecule has 0 nitrogen and oxygen atoms in total. The van der Waals surface area contributed by atoms with E-state index in [2.05, 4.69) is 130 Å². The first-order valence-corrected chi connectivity index (χ1v) is 19.5. The van der Waals surface area contributed by atoms with Crippen LogP contribution in [0.15, 0.2) is 60.7 Å². The van der Waals surface area contributed by atoms with E-state index in [-0.39, 0.29) is 34.0 Å². The Morgan fingerprint density at radius 2 is 0.700 bits per heavy atom. The summed E-state index contributed by atoms with van der Waals surface area (Å²) in [6.07, 6.45) is 20.3. The van der Waals surface area contributed by atoms with Crippen LogP contribution < -0.4 is 0 Å². The highest BCUT2D eigenvalue weighted by molar-refractivity contribution is 5.83. The van der Waals surface area contributed by atoms with Gasteiger partial charge in [0, 0.05) is 4.28 Å². The highest BCUT2D eigenvalue weighted by Gasteiger charge is 2.16. The van der Waals surface area contributed by atoms with E-state index in [0.29, 0.717) is 0 Å². The van der Waals surface area contributed by atoms with Crippen LogP contribution in [-0.4, -0.2) is 0 Å². The van der Waals surface area contributed by atoms with Gasteiger partial charge in [0.1, 0.15) is 0 Å². The summed E-state index contributed by atoms with van der Waals surface area (Å²) in [6, 6.07) is 21.8. The van der Waals surface area contributed by atoms with Crippen molar-refractivity contribution < 1.29 is 4.28 Å². The summed E-state index contributed by atoms with van der Waals surface area (Å²) in [5.41, 5.74) is 5.41. The van der Waals surface area contributed by atoms with Gasteiger partial charge in [-0.15, -0.1) is 0 Å². The molecule has 0 unspecified atom stereocenters. The smallest absolute Gasteiger partial charge is 0 e. The lowest BCUT2D eigenvalue weighted by Gasteiger charge is -2.24. The Morgan fingerprint density at radius 3 is 0.980 bits per heavy atom. The maximum absolute atomic E-state index is 2.38. The molecule has 0 heterocycles. The van der Waals surface area contributed by atoms with E-state index in [1.165, 1.54) is 116 Å². The first-order valence-electron chi connectivity index (χ1n) is 19.5. The van der Waals surface area contributed by atoms with Gasteiger partial charge in [-0.25, -0.2) is 0 Å². The van der Waals surface area contributed by atoms with Gasteiger partial charge < -0.3 is 0 Å². The molecule has 0 amide bonds. The summed E-state index contributed by atoms with van der Waals surface area (Å²) in [5, 5.41) is 2.67. The fourth-order valence-electron chi connectivity index (χ4n) is 6.90. The van der Waals surface area contributed by atoms with Gasteiger partial charge >= 0.3 is 0 Å². The molecule has 0 heteroatoms. The van der Waals surface area contributed by atoms with E-state index >= 15 is 0 Å². The fourth-order valence-corrected chi connectivity index (χ4v) is 6.90. The van der Waals surface area contributed by atoms with Gasteiger partial charge in [0.25, 0.3) is 0 Å². The third-order valence-electron chi connectivity index (χ3n) is 11.0. The van der Waals surface area contributed by atoms with E-state index < -0.39 is 0 Å². The number of aryl methyl sites for hydroxylation is 4. The van der Waals surface area contributed by atoms with Crippen LogP contribution >= 0.6 is 0 Å². The lowest BCUT2D eigenvalue weighted by Crippen LogP contribution is -2.10. The number of fused-ring (bicyclic) bond motifs is 1. The lowest BCUT2D eigenvalue weighted by molar-refractivity contribution is 0.284. The highest BCUT2D eigenvalue weighted by Crippen LogP contribution is 2.30. The van der Waals surface area contributed by atoms with Crippen LogP contribution in [0.1, 0.15) is 188 Å². The molecule has 3 aliphatic rings. The van der Waals surface area contributed by atoms with Crippen LogP contribution in [0.25, 0.3) is 10.8 Å². The Morgan fingerprint density at radius 1 is 0.420 bits per heavy atom. The van der Waals surface area contributed by atoms with Gasteiger partial charge in [-0.05, 0) is 79.0 Å². The Bertz CT molecular complexity index is 1100. The zero-order valence-corrected chi connectivity index (χ0v) is 32.1. The topological polar surface area (TPSA) is 0 Å². The van der Waals surface area contributed by atoms with Gasteiger partial charge in [0.05, 0.1) is 0 Å². The van der Waals surface area contributed by atoms with Crippen LogP contribution in [0.2, 0.25) is 0 Å². The molecule has 3 aromatic rings. The van der Waals surface area contributed by atoms with Gasteiger partial charge in [-0.3, -0.25) is 0 Å².